The van der Waals surface area contributed by atoms with Gasteiger partial charge in [0.25, 0.3) is 11.8 Å². The molecule has 29 heavy (non-hydrogen) atoms. The number of ketones is 1. The average Bonchev–Trinajstić information content (AvgIpc) is 3.21. The Kier molecular flexibility index (Phi) is 5.00. The van der Waals surface area contributed by atoms with Gasteiger partial charge >= 0.3 is 0 Å². The Morgan fingerprint density at radius 1 is 0.931 bits per heavy atom. The van der Waals surface area contributed by atoms with Gasteiger partial charge in [-0.15, -0.1) is 11.3 Å². The lowest BCUT2D eigenvalue weighted by Gasteiger charge is -2.13. The second kappa shape index (κ2) is 7.62. The summed E-state index contributed by atoms with van der Waals surface area (Å²) >= 11 is 7.09. The molecule has 0 saturated carbocycles. The van der Waals surface area contributed by atoms with Crippen LogP contribution in [0.4, 0.5) is 5.00 Å². The highest BCUT2D eigenvalue weighted by atomic mass is 35.5. The quantitative estimate of drug-likeness (QED) is 0.498. The van der Waals surface area contributed by atoms with Crippen LogP contribution < -0.4 is 5.32 Å². The first-order valence-corrected chi connectivity index (χ1v) is 9.79. The number of rotatable bonds is 5. The molecule has 2 heterocycles. The Morgan fingerprint density at radius 3 is 2.14 bits per heavy atom. The van der Waals surface area contributed by atoms with Crippen molar-refractivity contribution >= 4 is 51.4 Å². The highest BCUT2D eigenvalue weighted by molar-refractivity contribution is 7.20. The number of carbonyl (C=O) groups excluding carboxylic acids is 4. The predicted octanol–water partition coefficient (Wildman–Crippen LogP) is 3.87. The molecular weight excluding hydrogens is 412 g/mol. The predicted molar refractivity (Wildman–Crippen MR) is 110 cm³/mol. The van der Waals surface area contributed by atoms with Gasteiger partial charge in [0.1, 0.15) is 11.5 Å². The topological polar surface area (TPSA) is 83.6 Å². The van der Waals surface area contributed by atoms with Crippen molar-refractivity contribution in [2.24, 2.45) is 0 Å². The second-order valence-electron chi connectivity index (χ2n) is 6.28. The van der Waals surface area contributed by atoms with E-state index in [9.17, 15) is 19.2 Å². The third kappa shape index (κ3) is 3.57. The summed E-state index contributed by atoms with van der Waals surface area (Å²) in [7, 11) is 0. The maximum atomic E-state index is 12.7. The lowest BCUT2D eigenvalue weighted by molar-refractivity contribution is -0.116. The van der Waals surface area contributed by atoms with Gasteiger partial charge in [-0.25, -0.2) is 0 Å². The van der Waals surface area contributed by atoms with Crippen molar-refractivity contribution in [3.05, 3.63) is 87.3 Å². The molecule has 1 aromatic heterocycles. The summed E-state index contributed by atoms with van der Waals surface area (Å²) in [6, 6.07) is 16.5. The minimum atomic E-state index is -0.597. The summed E-state index contributed by atoms with van der Waals surface area (Å²) in [4.78, 5) is 51.0. The van der Waals surface area contributed by atoms with Crippen LogP contribution in [0.25, 0.3) is 0 Å². The van der Waals surface area contributed by atoms with E-state index in [0.29, 0.717) is 9.90 Å². The zero-order valence-corrected chi connectivity index (χ0v) is 16.4. The standard InChI is InChI=1S/C21H13ClN2O4S/c22-16-10-15(18(26)12-6-2-1-3-7-12)19(29-16)23-17(25)11-24-20(27)13-8-4-5-9-14(13)21(24)28/h1-10H,11H2,(H,23,25). The first-order valence-electron chi connectivity index (χ1n) is 8.60. The highest BCUT2D eigenvalue weighted by Gasteiger charge is 2.36. The fourth-order valence-corrected chi connectivity index (χ4v) is 4.20. The van der Waals surface area contributed by atoms with Crippen molar-refractivity contribution in [1.82, 2.24) is 4.90 Å². The molecule has 3 aromatic rings. The second-order valence-corrected chi connectivity index (χ2v) is 7.96. The molecule has 6 nitrogen and oxygen atoms in total. The van der Waals surface area contributed by atoms with E-state index in [1.807, 2.05) is 0 Å². The summed E-state index contributed by atoms with van der Waals surface area (Å²) in [6.07, 6.45) is 0. The van der Waals surface area contributed by atoms with Gasteiger partial charge < -0.3 is 5.32 Å². The van der Waals surface area contributed by atoms with E-state index in [-0.39, 0.29) is 27.5 Å². The molecule has 0 spiro atoms. The average molecular weight is 425 g/mol. The summed E-state index contributed by atoms with van der Waals surface area (Å²) in [5, 5.41) is 2.87. The van der Waals surface area contributed by atoms with Gasteiger partial charge in [-0.05, 0) is 18.2 Å². The summed E-state index contributed by atoms with van der Waals surface area (Å²) in [5.74, 6) is -1.93. The molecule has 0 saturated heterocycles. The Bertz CT molecular complexity index is 1120. The molecule has 0 aliphatic carbocycles. The molecule has 3 amide bonds. The Balaban J connectivity index is 1.52. The Hall–Kier alpha value is -3.29. The van der Waals surface area contributed by atoms with Gasteiger partial charge in [0, 0.05) is 5.56 Å². The molecule has 1 aliphatic heterocycles. The van der Waals surface area contributed by atoms with Gasteiger partial charge in [0.05, 0.1) is 21.0 Å². The van der Waals surface area contributed by atoms with Crippen LogP contribution in [-0.4, -0.2) is 34.9 Å². The number of thiophene rings is 1. The first-order chi connectivity index (χ1) is 14.0. The van der Waals surface area contributed by atoms with Crippen LogP contribution in [0.3, 0.4) is 0 Å². The van der Waals surface area contributed by atoms with E-state index in [1.54, 1.807) is 54.6 Å². The normalized spacial score (nSPS) is 12.8. The molecule has 144 valence electrons. The molecule has 0 atom stereocenters. The number of hydrogen-bond acceptors (Lipinski definition) is 5. The zero-order valence-electron chi connectivity index (χ0n) is 14.8. The fraction of sp³-hybridized carbons (Fsp3) is 0.0476. The van der Waals surface area contributed by atoms with E-state index >= 15 is 0 Å². The molecule has 0 unspecified atom stereocenters. The molecule has 2 aromatic carbocycles. The Labute approximate surface area is 174 Å². The van der Waals surface area contributed by atoms with Crippen LogP contribution in [0.15, 0.2) is 60.7 Å². The van der Waals surface area contributed by atoms with E-state index in [0.717, 1.165) is 16.2 Å². The largest absolute Gasteiger partial charge is 0.315 e. The van der Waals surface area contributed by atoms with E-state index in [2.05, 4.69) is 5.32 Å². The number of halogens is 1. The number of fused-ring (bicyclic) bond motifs is 1. The number of amides is 3. The van der Waals surface area contributed by atoms with Crippen LogP contribution in [0.2, 0.25) is 4.34 Å². The molecule has 4 rings (SSSR count). The molecule has 1 N–H and O–H groups in total. The van der Waals surface area contributed by atoms with Crippen molar-refractivity contribution in [3.8, 4) is 0 Å². The lowest BCUT2D eigenvalue weighted by Crippen LogP contribution is -2.37. The maximum absolute atomic E-state index is 12.7. The fourth-order valence-electron chi connectivity index (χ4n) is 3.06. The summed E-state index contributed by atoms with van der Waals surface area (Å²) < 4.78 is 0.334. The van der Waals surface area contributed by atoms with Crippen LogP contribution in [0.1, 0.15) is 36.6 Å². The minimum absolute atomic E-state index is 0.252. The maximum Gasteiger partial charge on any atom is 0.262 e. The molecule has 0 fully saturated rings. The number of hydrogen-bond donors (Lipinski definition) is 1. The third-order valence-electron chi connectivity index (χ3n) is 4.42. The Morgan fingerprint density at radius 2 is 1.52 bits per heavy atom. The molecule has 8 heteroatoms. The van der Waals surface area contributed by atoms with Crippen LogP contribution in [-0.2, 0) is 4.79 Å². The van der Waals surface area contributed by atoms with Crippen LogP contribution >= 0.6 is 22.9 Å². The number of nitrogens with zero attached hydrogens (tertiary/aromatic N) is 1. The van der Waals surface area contributed by atoms with Gasteiger partial charge in [-0.2, -0.15) is 0 Å². The molecular formula is C21H13ClN2O4S. The smallest absolute Gasteiger partial charge is 0.262 e. The van der Waals surface area contributed by atoms with E-state index in [1.165, 1.54) is 6.07 Å². The summed E-state index contributed by atoms with van der Waals surface area (Å²) in [5.41, 5.74) is 1.24. The van der Waals surface area contributed by atoms with Crippen molar-refractivity contribution in [3.63, 3.8) is 0 Å². The SMILES string of the molecule is O=C(CN1C(=O)c2ccccc2C1=O)Nc1sc(Cl)cc1C(=O)c1ccccc1. The number of benzene rings is 2. The van der Waals surface area contributed by atoms with Crippen molar-refractivity contribution in [1.29, 1.82) is 0 Å². The van der Waals surface area contributed by atoms with Crippen molar-refractivity contribution in [2.75, 3.05) is 11.9 Å². The third-order valence-corrected chi connectivity index (χ3v) is 5.59. The van der Waals surface area contributed by atoms with Crippen molar-refractivity contribution in [2.45, 2.75) is 0 Å². The van der Waals surface area contributed by atoms with Crippen molar-refractivity contribution < 1.29 is 19.2 Å². The monoisotopic (exact) mass is 424 g/mol. The number of nitrogens with one attached hydrogen (secondary N) is 1. The van der Waals surface area contributed by atoms with Crippen LogP contribution in [0.5, 0.6) is 0 Å². The number of carbonyl (C=O) groups is 4. The minimum Gasteiger partial charge on any atom is -0.315 e. The molecule has 0 radical (unpaired) electrons. The first kappa shape index (κ1) is 19.0. The number of anilines is 1. The highest BCUT2D eigenvalue weighted by Crippen LogP contribution is 2.33. The van der Waals surface area contributed by atoms with Crippen LogP contribution in [0, 0.1) is 0 Å². The van der Waals surface area contributed by atoms with Gasteiger partial charge in [-0.1, -0.05) is 54.1 Å². The molecule has 0 bridgehead atoms. The number of imide groups is 1. The van der Waals surface area contributed by atoms with E-state index < -0.39 is 24.3 Å². The van der Waals surface area contributed by atoms with Gasteiger partial charge in [-0.3, -0.25) is 24.1 Å². The zero-order chi connectivity index (χ0) is 20.5. The van der Waals surface area contributed by atoms with Gasteiger partial charge in [0.2, 0.25) is 5.91 Å². The van der Waals surface area contributed by atoms with E-state index in [4.69, 9.17) is 11.6 Å². The lowest BCUT2D eigenvalue weighted by atomic mass is 10.1. The summed E-state index contributed by atoms with van der Waals surface area (Å²) in [6.45, 7) is -0.458. The van der Waals surface area contributed by atoms with Gasteiger partial charge in [0.15, 0.2) is 5.78 Å². The molecule has 1 aliphatic rings.